The maximum Gasteiger partial charge on any atom is 0.0441 e. The van der Waals surface area contributed by atoms with Crippen molar-refractivity contribution in [1.82, 2.24) is 0 Å². The van der Waals surface area contributed by atoms with Crippen molar-refractivity contribution < 1.29 is 5.11 Å². The summed E-state index contributed by atoms with van der Waals surface area (Å²) in [7, 11) is 0. The van der Waals surface area contributed by atoms with E-state index in [0.29, 0.717) is 5.25 Å². The number of nitrogens with two attached hydrogens (primary N) is 1. The van der Waals surface area contributed by atoms with Crippen LogP contribution in [-0.2, 0) is 5.75 Å². The molecule has 0 fully saturated rings. The minimum absolute atomic E-state index is 0.250. The van der Waals surface area contributed by atoms with Gasteiger partial charge in [-0.3, -0.25) is 0 Å². The van der Waals surface area contributed by atoms with Crippen LogP contribution in [0.25, 0.3) is 0 Å². The molecule has 0 heterocycles. The van der Waals surface area contributed by atoms with Gasteiger partial charge in [-0.25, -0.2) is 0 Å². The summed E-state index contributed by atoms with van der Waals surface area (Å²) in [6, 6.07) is 5.85. The fourth-order valence-electron chi connectivity index (χ4n) is 1.22. The summed E-state index contributed by atoms with van der Waals surface area (Å²) in [4.78, 5) is 0. The Morgan fingerprint density at radius 2 is 2.27 bits per heavy atom. The highest BCUT2D eigenvalue weighted by atomic mass is 79.9. The molecule has 0 saturated carbocycles. The van der Waals surface area contributed by atoms with Gasteiger partial charge in [-0.15, -0.1) is 0 Å². The fraction of sp³-hybridized carbons (Fsp3) is 0.455. The zero-order chi connectivity index (χ0) is 11.3. The zero-order valence-corrected chi connectivity index (χ0v) is 11.1. The van der Waals surface area contributed by atoms with Gasteiger partial charge in [0.25, 0.3) is 0 Å². The van der Waals surface area contributed by atoms with E-state index in [9.17, 15) is 0 Å². The van der Waals surface area contributed by atoms with Crippen molar-refractivity contribution in [2.45, 2.75) is 24.3 Å². The number of nitrogen functional groups attached to an aromatic ring is 1. The highest BCUT2D eigenvalue weighted by Crippen LogP contribution is 2.29. The quantitative estimate of drug-likeness (QED) is 0.819. The van der Waals surface area contributed by atoms with E-state index in [1.165, 1.54) is 0 Å². The molecule has 0 saturated heterocycles. The van der Waals surface area contributed by atoms with Gasteiger partial charge >= 0.3 is 0 Å². The second-order valence-electron chi connectivity index (χ2n) is 3.44. The van der Waals surface area contributed by atoms with Crippen molar-refractivity contribution in [3.05, 3.63) is 28.2 Å². The van der Waals surface area contributed by atoms with Crippen molar-refractivity contribution in [3.63, 3.8) is 0 Å². The second kappa shape index (κ2) is 6.40. The minimum atomic E-state index is 0.250. The van der Waals surface area contributed by atoms with Gasteiger partial charge < -0.3 is 10.8 Å². The number of anilines is 1. The third kappa shape index (κ3) is 4.05. The zero-order valence-electron chi connectivity index (χ0n) is 8.74. The minimum Gasteiger partial charge on any atom is -0.398 e. The van der Waals surface area contributed by atoms with E-state index >= 15 is 0 Å². The van der Waals surface area contributed by atoms with Crippen LogP contribution in [-0.4, -0.2) is 17.0 Å². The van der Waals surface area contributed by atoms with Crippen LogP contribution in [0.3, 0.4) is 0 Å². The lowest BCUT2D eigenvalue weighted by Crippen LogP contribution is -2.01. The third-order valence-electron chi connectivity index (χ3n) is 2.20. The summed E-state index contributed by atoms with van der Waals surface area (Å²) in [6.45, 7) is 2.37. The molecule has 0 bridgehead atoms. The second-order valence-corrected chi connectivity index (χ2v) is 5.72. The molecule has 0 spiro atoms. The normalized spacial score (nSPS) is 12.7. The molecule has 4 heteroatoms. The number of thioether (sulfide) groups is 1. The van der Waals surface area contributed by atoms with Crippen molar-refractivity contribution in [2.24, 2.45) is 0 Å². The summed E-state index contributed by atoms with van der Waals surface area (Å²) in [5.74, 6) is 0.883. The summed E-state index contributed by atoms with van der Waals surface area (Å²) < 4.78 is 1.06. The van der Waals surface area contributed by atoms with Gasteiger partial charge in [0, 0.05) is 27.8 Å². The Labute approximate surface area is 103 Å². The van der Waals surface area contributed by atoms with E-state index in [0.717, 1.165) is 27.9 Å². The summed E-state index contributed by atoms with van der Waals surface area (Å²) in [6.07, 6.45) is 0.828. The van der Waals surface area contributed by atoms with Crippen molar-refractivity contribution >= 4 is 33.4 Å². The van der Waals surface area contributed by atoms with Crippen LogP contribution in [0, 0.1) is 0 Å². The third-order valence-corrected chi connectivity index (χ3v) is 4.21. The molecule has 2 nitrogen and oxygen atoms in total. The van der Waals surface area contributed by atoms with Crippen LogP contribution in [0.1, 0.15) is 18.9 Å². The SMILES string of the molecule is CC(CCO)SCc1c(N)cccc1Br. The maximum absolute atomic E-state index is 8.80. The molecule has 84 valence electrons. The van der Waals surface area contributed by atoms with E-state index in [-0.39, 0.29) is 6.61 Å². The summed E-state index contributed by atoms with van der Waals surface area (Å²) in [5.41, 5.74) is 7.86. The van der Waals surface area contributed by atoms with Crippen molar-refractivity contribution in [3.8, 4) is 0 Å². The van der Waals surface area contributed by atoms with Crippen LogP contribution >= 0.6 is 27.7 Å². The van der Waals surface area contributed by atoms with Crippen LogP contribution in [0.15, 0.2) is 22.7 Å². The summed E-state index contributed by atoms with van der Waals surface area (Å²) >= 11 is 5.31. The molecule has 1 atom stereocenters. The Morgan fingerprint density at radius 1 is 1.53 bits per heavy atom. The number of rotatable bonds is 5. The molecule has 1 aromatic carbocycles. The lowest BCUT2D eigenvalue weighted by atomic mass is 10.2. The van der Waals surface area contributed by atoms with Crippen LogP contribution < -0.4 is 5.73 Å². The first-order valence-electron chi connectivity index (χ1n) is 4.90. The predicted molar refractivity (Wildman–Crippen MR) is 71.0 cm³/mol. The maximum atomic E-state index is 8.80. The van der Waals surface area contributed by atoms with Gasteiger partial charge in [0.15, 0.2) is 0 Å². The molecule has 1 aromatic rings. The first-order valence-corrected chi connectivity index (χ1v) is 6.74. The Balaban J connectivity index is 2.57. The Bertz CT molecular complexity index is 299. The Hall–Kier alpha value is -0.190. The molecular formula is C11H16BrNOS. The highest BCUT2D eigenvalue weighted by Gasteiger charge is 2.07. The van der Waals surface area contributed by atoms with Crippen LogP contribution in [0.4, 0.5) is 5.69 Å². The lowest BCUT2D eigenvalue weighted by molar-refractivity contribution is 0.289. The Kier molecular flexibility index (Phi) is 5.50. The largest absolute Gasteiger partial charge is 0.398 e. The van der Waals surface area contributed by atoms with Crippen LogP contribution in [0.2, 0.25) is 0 Å². The predicted octanol–water partition coefficient (Wildman–Crippen LogP) is 3.04. The van der Waals surface area contributed by atoms with Crippen molar-refractivity contribution in [2.75, 3.05) is 12.3 Å². The van der Waals surface area contributed by atoms with Crippen LogP contribution in [0.5, 0.6) is 0 Å². The molecule has 0 radical (unpaired) electrons. The number of aliphatic hydroxyl groups excluding tert-OH is 1. The van der Waals surface area contributed by atoms with E-state index in [1.54, 1.807) is 0 Å². The van der Waals surface area contributed by atoms with Gasteiger partial charge in [-0.1, -0.05) is 28.9 Å². The van der Waals surface area contributed by atoms with E-state index in [1.807, 2.05) is 30.0 Å². The molecule has 1 rings (SSSR count). The topological polar surface area (TPSA) is 46.2 Å². The highest BCUT2D eigenvalue weighted by molar-refractivity contribution is 9.10. The fourth-order valence-corrected chi connectivity index (χ4v) is 2.97. The molecule has 0 aromatic heterocycles. The first kappa shape index (κ1) is 12.9. The van der Waals surface area contributed by atoms with E-state index < -0.39 is 0 Å². The standard InChI is InChI=1S/C11H16BrNOS/c1-8(5-6-14)15-7-9-10(12)3-2-4-11(9)13/h2-4,8,14H,5-7,13H2,1H3. The summed E-state index contributed by atoms with van der Waals surface area (Å²) in [5, 5.41) is 9.26. The van der Waals surface area contributed by atoms with Gasteiger partial charge in [0.2, 0.25) is 0 Å². The smallest absolute Gasteiger partial charge is 0.0441 e. The molecule has 3 N–H and O–H groups in total. The molecule has 0 aliphatic heterocycles. The number of halogens is 1. The van der Waals surface area contributed by atoms with E-state index in [2.05, 4.69) is 22.9 Å². The molecular weight excluding hydrogens is 274 g/mol. The van der Waals surface area contributed by atoms with Gasteiger partial charge in [-0.2, -0.15) is 11.8 Å². The molecule has 0 aliphatic carbocycles. The monoisotopic (exact) mass is 289 g/mol. The number of aliphatic hydroxyl groups is 1. The van der Waals surface area contributed by atoms with Gasteiger partial charge in [0.05, 0.1) is 0 Å². The Morgan fingerprint density at radius 3 is 2.87 bits per heavy atom. The average Bonchev–Trinajstić information content (AvgIpc) is 2.17. The number of hydrogen-bond acceptors (Lipinski definition) is 3. The van der Waals surface area contributed by atoms with Crippen molar-refractivity contribution in [1.29, 1.82) is 0 Å². The number of benzene rings is 1. The first-order chi connectivity index (χ1) is 7.15. The molecule has 0 amide bonds. The van der Waals surface area contributed by atoms with Gasteiger partial charge in [-0.05, 0) is 24.1 Å². The molecule has 1 unspecified atom stereocenters. The number of hydrogen-bond donors (Lipinski definition) is 2. The van der Waals surface area contributed by atoms with E-state index in [4.69, 9.17) is 10.8 Å². The molecule has 15 heavy (non-hydrogen) atoms. The molecule has 0 aliphatic rings. The average molecular weight is 290 g/mol. The van der Waals surface area contributed by atoms with Gasteiger partial charge in [0.1, 0.15) is 0 Å². The lowest BCUT2D eigenvalue weighted by Gasteiger charge is -2.12.